The van der Waals surface area contributed by atoms with Gasteiger partial charge in [-0.2, -0.15) is 0 Å². The van der Waals surface area contributed by atoms with Gasteiger partial charge in [0.2, 0.25) is 0 Å². The molecule has 0 aromatic carbocycles. The summed E-state index contributed by atoms with van der Waals surface area (Å²) in [5, 5.41) is 9.20. The predicted octanol–water partition coefficient (Wildman–Crippen LogP) is 1.16. The molecule has 0 aromatic heterocycles. The van der Waals surface area contributed by atoms with Crippen molar-refractivity contribution < 1.29 is 14.6 Å². The quantitative estimate of drug-likeness (QED) is 0.619. The Balaban J connectivity index is 0.000001000. The van der Waals surface area contributed by atoms with Gasteiger partial charge in [0, 0.05) is 6.61 Å². The van der Waals surface area contributed by atoms with Crippen molar-refractivity contribution in [2.24, 2.45) is 0 Å². The summed E-state index contributed by atoms with van der Waals surface area (Å²) in [7, 11) is 0. The van der Waals surface area contributed by atoms with Gasteiger partial charge < -0.3 is 14.6 Å². The van der Waals surface area contributed by atoms with E-state index in [-0.39, 0.29) is 13.5 Å². The average Bonchev–Trinajstić information content (AvgIpc) is 2.12. The van der Waals surface area contributed by atoms with E-state index in [9.17, 15) is 5.11 Å². The summed E-state index contributed by atoms with van der Waals surface area (Å²) in [6.45, 7) is 4.63. The molecule has 11 heavy (non-hydrogen) atoms. The molecule has 1 N–H and O–H groups in total. The molecular weight excluding hydrogens is 144 g/mol. The van der Waals surface area contributed by atoms with E-state index in [1.807, 2.05) is 0 Å². The molecule has 0 radical (unpaired) electrons. The van der Waals surface area contributed by atoms with E-state index in [0.717, 1.165) is 13.0 Å². The highest BCUT2D eigenvalue weighted by molar-refractivity contribution is 4.65. The lowest BCUT2D eigenvalue weighted by Gasteiger charge is -2.21. The van der Waals surface area contributed by atoms with Crippen LogP contribution in [0.25, 0.3) is 0 Å². The zero-order valence-electron chi connectivity index (χ0n) is 6.46. The average molecular weight is 162 g/mol. The smallest absolute Gasteiger partial charge is 0.160 e. The third kappa shape index (κ3) is 4.35. The van der Waals surface area contributed by atoms with Gasteiger partial charge in [-0.1, -0.05) is 7.43 Å². The molecule has 68 valence electrons. The van der Waals surface area contributed by atoms with Gasteiger partial charge >= 0.3 is 0 Å². The van der Waals surface area contributed by atoms with E-state index in [1.54, 1.807) is 13.8 Å². The fourth-order valence-corrected chi connectivity index (χ4v) is 1.01. The number of ether oxygens (including phenoxy) is 2. The summed E-state index contributed by atoms with van der Waals surface area (Å²) in [4.78, 5) is 0. The van der Waals surface area contributed by atoms with Gasteiger partial charge in [-0.15, -0.1) is 0 Å². The molecule has 1 atom stereocenters. The van der Waals surface area contributed by atoms with Crippen LogP contribution in [0.5, 0.6) is 0 Å². The van der Waals surface area contributed by atoms with Crippen molar-refractivity contribution in [2.75, 3.05) is 13.2 Å². The summed E-state index contributed by atoms with van der Waals surface area (Å²) in [5.41, 5.74) is 0. The number of hydrogen-bond donors (Lipinski definition) is 1. The third-order valence-corrected chi connectivity index (χ3v) is 1.34. The fourth-order valence-electron chi connectivity index (χ4n) is 1.01. The molecule has 1 rings (SSSR count). The van der Waals surface area contributed by atoms with Crippen LogP contribution in [0.15, 0.2) is 0 Å². The first kappa shape index (κ1) is 10.9. The van der Waals surface area contributed by atoms with Gasteiger partial charge in [-0.25, -0.2) is 0 Å². The molecule has 1 aliphatic heterocycles. The monoisotopic (exact) mass is 162 g/mol. The van der Waals surface area contributed by atoms with Gasteiger partial charge in [0.25, 0.3) is 0 Å². The molecule has 0 aliphatic carbocycles. The topological polar surface area (TPSA) is 38.7 Å². The largest absolute Gasteiger partial charge is 0.379 e. The van der Waals surface area contributed by atoms with Crippen LogP contribution in [0.4, 0.5) is 0 Å². The highest BCUT2D eigenvalue weighted by Gasteiger charge is 2.23. The molecule has 0 saturated carbocycles. The lowest BCUT2D eigenvalue weighted by atomic mass is 10.3. The van der Waals surface area contributed by atoms with Crippen molar-refractivity contribution in [1.82, 2.24) is 0 Å². The van der Waals surface area contributed by atoms with Gasteiger partial charge in [-0.3, -0.25) is 0 Å². The lowest BCUT2D eigenvalue weighted by molar-refractivity contribution is -0.204. The first-order valence-corrected chi connectivity index (χ1v) is 3.56. The van der Waals surface area contributed by atoms with Crippen molar-refractivity contribution in [2.45, 2.75) is 39.6 Å². The van der Waals surface area contributed by atoms with Crippen LogP contribution < -0.4 is 0 Å². The molecule has 0 unspecified atom stereocenters. The van der Waals surface area contributed by atoms with E-state index in [4.69, 9.17) is 9.47 Å². The Bertz CT molecular complexity index is 100. The van der Waals surface area contributed by atoms with Gasteiger partial charge in [0.15, 0.2) is 5.79 Å². The third-order valence-electron chi connectivity index (χ3n) is 1.34. The van der Waals surface area contributed by atoms with Crippen LogP contribution in [-0.2, 0) is 9.47 Å². The SMILES string of the molecule is C.CC(C)(O)O[C@H]1CCOC1. The molecule has 3 nitrogen and oxygen atoms in total. The summed E-state index contributed by atoms with van der Waals surface area (Å²) < 4.78 is 10.3. The number of hydrogen-bond acceptors (Lipinski definition) is 3. The fraction of sp³-hybridized carbons (Fsp3) is 1.00. The first-order valence-electron chi connectivity index (χ1n) is 3.56. The van der Waals surface area contributed by atoms with Crippen molar-refractivity contribution in [1.29, 1.82) is 0 Å². The summed E-state index contributed by atoms with van der Waals surface area (Å²) in [5.74, 6) is -1.02. The maximum atomic E-state index is 9.20. The predicted molar refractivity (Wildman–Crippen MR) is 43.3 cm³/mol. The van der Waals surface area contributed by atoms with E-state index in [0.29, 0.717) is 6.61 Å². The Labute approximate surface area is 68.3 Å². The highest BCUT2D eigenvalue weighted by atomic mass is 16.6. The van der Waals surface area contributed by atoms with E-state index < -0.39 is 5.79 Å². The Kier molecular flexibility index (Phi) is 4.00. The summed E-state index contributed by atoms with van der Waals surface area (Å²) in [6.07, 6.45) is 0.976. The molecule has 1 heterocycles. The van der Waals surface area contributed by atoms with Crippen molar-refractivity contribution in [3.05, 3.63) is 0 Å². The lowest BCUT2D eigenvalue weighted by Crippen LogP contribution is -2.30. The van der Waals surface area contributed by atoms with Crippen molar-refractivity contribution in [3.63, 3.8) is 0 Å². The maximum Gasteiger partial charge on any atom is 0.160 e. The second-order valence-corrected chi connectivity index (χ2v) is 3.05. The molecule has 0 amide bonds. The minimum atomic E-state index is -1.02. The van der Waals surface area contributed by atoms with E-state index in [2.05, 4.69) is 0 Å². The van der Waals surface area contributed by atoms with Crippen LogP contribution in [-0.4, -0.2) is 30.2 Å². The van der Waals surface area contributed by atoms with Crippen LogP contribution in [0.3, 0.4) is 0 Å². The molecule has 0 aromatic rings. The van der Waals surface area contributed by atoms with Crippen LogP contribution >= 0.6 is 0 Å². The second-order valence-electron chi connectivity index (χ2n) is 3.05. The van der Waals surface area contributed by atoms with Crippen molar-refractivity contribution >= 4 is 0 Å². The molecule has 1 fully saturated rings. The Morgan fingerprint density at radius 1 is 1.55 bits per heavy atom. The normalized spacial score (nSPS) is 24.8. The zero-order chi connectivity index (χ0) is 7.61. The summed E-state index contributed by atoms with van der Waals surface area (Å²) in [6, 6.07) is 0. The van der Waals surface area contributed by atoms with E-state index in [1.165, 1.54) is 0 Å². The first-order chi connectivity index (χ1) is 4.58. The molecular formula is C8H18O3. The van der Waals surface area contributed by atoms with Crippen LogP contribution in [0.1, 0.15) is 27.7 Å². The van der Waals surface area contributed by atoms with Gasteiger partial charge in [0.05, 0.1) is 12.7 Å². The number of rotatable bonds is 2. The zero-order valence-corrected chi connectivity index (χ0v) is 6.46. The minimum absolute atomic E-state index is 0. The second kappa shape index (κ2) is 4.04. The Hall–Kier alpha value is -0.120. The van der Waals surface area contributed by atoms with Gasteiger partial charge in [-0.05, 0) is 20.3 Å². The Morgan fingerprint density at radius 3 is 2.55 bits per heavy atom. The number of aliphatic hydroxyl groups is 1. The van der Waals surface area contributed by atoms with Crippen molar-refractivity contribution in [3.8, 4) is 0 Å². The van der Waals surface area contributed by atoms with E-state index >= 15 is 0 Å². The van der Waals surface area contributed by atoms with Crippen LogP contribution in [0.2, 0.25) is 0 Å². The molecule has 1 aliphatic rings. The molecule has 3 heteroatoms. The highest BCUT2D eigenvalue weighted by Crippen LogP contribution is 2.14. The molecule has 1 saturated heterocycles. The Morgan fingerprint density at radius 2 is 2.18 bits per heavy atom. The minimum Gasteiger partial charge on any atom is -0.379 e. The maximum absolute atomic E-state index is 9.20. The molecule has 0 spiro atoms. The van der Waals surface area contributed by atoms with Crippen LogP contribution in [0, 0.1) is 0 Å². The molecule has 0 bridgehead atoms. The summed E-state index contributed by atoms with van der Waals surface area (Å²) >= 11 is 0. The van der Waals surface area contributed by atoms with Gasteiger partial charge in [0.1, 0.15) is 0 Å². The standard InChI is InChI=1S/C7H14O3.CH4/c1-7(2,8)10-6-3-4-9-5-6;/h6,8H,3-5H2,1-2H3;1H4/t6-;/m0./s1.